The summed E-state index contributed by atoms with van der Waals surface area (Å²) in [5.41, 5.74) is 2.34. The van der Waals surface area contributed by atoms with Crippen molar-refractivity contribution in [1.29, 1.82) is 0 Å². The molecule has 0 radical (unpaired) electrons. The Bertz CT molecular complexity index is 493. The first-order valence-corrected chi connectivity index (χ1v) is 6.99. The van der Waals surface area contributed by atoms with Crippen LogP contribution in [-0.2, 0) is 9.53 Å². The van der Waals surface area contributed by atoms with Gasteiger partial charge >= 0.3 is 5.97 Å². The quantitative estimate of drug-likeness (QED) is 0.608. The van der Waals surface area contributed by atoms with Crippen LogP contribution in [-0.4, -0.2) is 30.1 Å². The number of likely N-dealkylation sites (tertiary alicyclic amines) is 1. The standard InChI is InChI=1S/C17H21NO2/c1-3-12-20-17(19)16-10-7-11-18(16)13-14(2)15-8-5-4-6-9-15/h3-6,8-9,13,16H,1,7,10-12H2,2H3/b14-13+/t16-/m0/s1. The van der Waals surface area contributed by atoms with Crippen LogP contribution in [0.15, 0.2) is 49.2 Å². The third kappa shape index (κ3) is 3.50. The molecule has 3 heteroatoms. The van der Waals surface area contributed by atoms with E-state index >= 15 is 0 Å². The number of carbonyl (C=O) groups is 1. The van der Waals surface area contributed by atoms with Crippen molar-refractivity contribution in [3.05, 3.63) is 54.8 Å². The Labute approximate surface area is 120 Å². The second-order valence-corrected chi connectivity index (χ2v) is 4.99. The van der Waals surface area contributed by atoms with Crippen molar-refractivity contribution in [2.45, 2.75) is 25.8 Å². The van der Waals surface area contributed by atoms with Crippen LogP contribution in [0.1, 0.15) is 25.3 Å². The van der Waals surface area contributed by atoms with Gasteiger partial charge in [-0.3, -0.25) is 0 Å². The Kier molecular flexibility index (Phi) is 4.99. The van der Waals surface area contributed by atoms with Crippen LogP contribution in [0, 0.1) is 0 Å². The molecule has 0 aliphatic carbocycles. The first-order valence-electron chi connectivity index (χ1n) is 6.99. The highest BCUT2D eigenvalue weighted by Gasteiger charge is 2.29. The van der Waals surface area contributed by atoms with E-state index in [4.69, 9.17) is 4.74 Å². The Balaban J connectivity index is 2.07. The van der Waals surface area contributed by atoms with E-state index < -0.39 is 0 Å². The van der Waals surface area contributed by atoms with Gasteiger partial charge in [-0.1, -0.05) is 43.0 Å². The molecule has 0 aromatic heterocycles. The number of ether oxygens (including phenoxy) is 1. The molecule has 3 nitrogen and oxygen atoms in total. The zero-order valence-corrected chi connectivity index (χ0v) is 11.9. The Morgan fingerprint density at radius 3 is 2.90 bits per heavy atom. The normalized spacial score (nSPS) is 18.9. The van der Waals surface area contributed by atoms with Gasteiger partial charge in [0.15, 0.2) is 0 Å². The summed E-state index contributed by atoms with van der Waals surface area (Å²) >= 11 is 0. The highest BCUT2D eigenvalue weighted by molar-refractivity contribution is 5.77. The second-order valence-electron chi connectivity index (χ2n) is 4.99. The van der Waals surface area contributed by atoms with Gasteiger partial charge in [0.05, 0.1) is 0 Å². The van der Waals surface area contributed by atoms with E-state index in [1.165, 1.54) is 5.56 Å². The van der Waals surface area contributed by atoms with Crippen molar-refractivity contribution < 1.29 is 9.53 Å². The Morgan fingerprint density at radius 2 is 2.20 bits per heavy atom. The summed E-state index contributed by atoms with van der Waals surface area (Å²) in [4.78, 5) is 14.1. The molecular weight excluding hydrogens is 250 g/mol. The monoisotopic (exact) mass is 271 g/mol. The zero-order valence-electron chi connectivity index (χ0n) is 11.9. The summed E-state index contributed by atoms with van der Waals surface area (Å²) < 4.78 is 5.16. The van der Waals surface area contributed by atoms with Crippen LogP contribution in [0.25, 0.3) is 5.57 Å². The molecule has 0 unspecified atom stereocenters. The fourth-order valence-corrected chi connectivity index (χ4v) is 2.46. The first kappa shape index (κ1) is 14.4. The van der Waals surface area contributed by atoms with Crippen LogP contribution in [0.3, 0.4) is 0 Å². The van der Waals surface area contributed by atoms with Gasteiger partial charge in [0.1, 0.15) is 12.6 Å². The second kappa shape index (κ2) is 6.94. The SMILES string of the molecule is C=CCOC(=O)[C@@H]1CCCN1/C=C(\C)c1ccccc1. The lowest BCUT2D eigenvalue weighted by atomic mass is 10.1. The topological polar surface area (TPSA) is 29.5 Å². The average Bonchev–Trinajstić information content (AvgIpc) is 2.94. The lowest BCUT2D eigenvalue weighted by Crippen LogP contribution is -2.33. The molecule has 2 rings (SSSR count). The summed E-state index contributed by atoms with van der Waals surface area (Å²) in [7, 11) is 0. The smallest absolute Gasteiger partial charge is 0.329 e. The lowest BCUT2D eigenvalue weighted by Gasteiger charge is -2.22. The van der Waals surface area contributed by atoms with Gasteiger partial charge in [-0.15, -0.1) is 0 Å². The van der Waals surface area contributed by atoms with Crippen molar-refractivity contribution in [3.63, 3.8) is 0 Å². The molecule has 0 amide bonds. The highest BCUT2D eigenvalue weighted by Crippen LogP contribution is 2.22. The van der Waals surface area contributed by atoms with Crippen molar-refractivity contribution in [2.24, 2.45) is 0 Å². The molecule has 1 aliphatic rings. The molecule has 106 valence electrons. The van der Waals surface area contributed by atoms with Gasteiger partial charge in [0, 0.05) is 12.7 Å². The molecule has 1 heterocycles. The number of hydrogen-bond acceptors (Lipinski definition) is 3. The lowest BCUT2D eigenvalue weighted by molar-refractivity contribution is -0.146. The summed E-state index contributed by atoms with van der Waals surface area (Å²) in [5, 5.41) is 0. The van der Waals surface area contributed by atoms with Crippen LogP contribution in [0.4, 0.5) is 0 Å². The molecule has 0 spiro atoms. The van der Waals surface area contributed by atoms with Gasteiger partial charge in [-0.2, -0.15) is 0 Å². The van der Waals surface area contributed by atoms with Crippen LogP contribution in [0.5, 0.6) is 0 Å². The predicted octanol–water partition coefficient (Wildman–Crippen LogP) is 3.24. The van der Waals surface area contributed by atoms with Gasteiger partial charge in [0.2, 0.25) is 0 Å². The molecule has 1 aromatic rings. The summed E-state index contributed by atoms with van der Waals surface area (Å²) in [6.45, 7) is 6.82. The maximum atomic E-state index is 12.0. The van der Waals surface area contributed by atoms with E-state index in [0.29, 0.717) is 0 Å². The minimum atomic E-state index is -0.159. The van der Waals surface area contributed by atoms with Gasteiger partial charge in [-0.25, -0.2) is 4.79 Å². The Hall–Kier alpha value is -2.03. The number of rotatable bonds is 5. The van der Waals surface area contributed by atoms with Crippen molar-refractivity contribution in [2.75, 3.05) is 13.2 Å². The van der Waals surface area contributed by atoms with Crippen molar-refractivity contribution in [3.8, 4) is 0 Å². The van der Waals surface area contributed by atoms with E-state index in [0.717, 1.165) is 25.0 Å². The molecule has 1 aromatic carbocycles. The number of benzene rings is 1. The van der Waals surface area contributed by atoms with Crippen molar-refractivity contribution >= 4 is 11.5 Å². The zero-order chi connectivity index (χ0) is 14.4. The largest absolute Gasteiger partial charge is 0.460 e. The van der Waals surface area contributed by atoms with E-state index in [1.807, 2.05) is 18.2 Å². The third-order valence-corrected chi connectivity index (χ3v) is 3.50. The van der Waals surface area contributed by atoms with Gasteiger partial charge in [-0.05, 0) is 30.9 Å². The van der Waals surface area contributed by atoms with Crippen LogP contribution < -0.4 is 0 Å². The minimum Gasteiger partial charge on any atom is -0.460 e. The average molecular weight is 271 g/mol. The molecule has 1 fully saturated rings. The minimum absolute atomic E-state index is 0.153. The fraction of sp³-hybridized carbons (Fsp3) is 0.353. The number of nitrogens with zero attached hydrogens (tertiary/aromatic N) is 1. The molecule has 1 aliphatic heterocycles. The van der Waals surface area contributed by atoms with Crippen LogP contribution in [0.2, 0.25) is 0 Å². The molecule has 20 heavy (non-hydrogen) atoms. The van der Waals surface area contributed by atoms with E-state index in [9.17, 15) is 4.79 Å². The summed E-state index contributed by atoms with van der Waals surface area (Å²) in [5.74, 6) is -0.153. The van der Waals surface area contributed by atoms with Crippen LogP contribution >= 0.6 is 0 Å². The van der Waals surface area contributed by atoms with E-state index in [1.54, 1.807) is 6.08 Å². The molecule has 1 saturated heterocycles. The van der Waals surface area contributed by atoms with E-state index in [-0.39, 0.29) is 18.6 Å². The molecule has 0 saturated carbocycles. The fourth-order valence-electron chi connectivity index (χ4n) is 2.46. The summed E-state index contributed by atoms with van der Waals surface area (Å²) in [6.07, 6.45) is 5.55. The molecule has 1 atom stereocenters. The summed E-state index contributed by atoms with van der Waals surface area (Å²) in [6, 6.07) is 10.0. The first-order chi connectivity index (χ1) is 9.72. The number of esters is 1. The third-order valence-electron chi connectivity index (χ3n) is 3.50. The Morgan fingerprint density at radius 1 is 1.45 bits per heavy atom. The molecule has 0 N–H and O–H groups in total. The molecule has 0 bridgehead atoms. The van der Waals surface area contributed by atoms with Gasteiger partial charge < -0.3 is 9.64 Å². The van der Waals surface area contributed by atoms with Gasteiger partial charge in [0.25, 0.3) is 0 Å². The van der Waals surface area contributed by atoms with Crippen molar-refractivity contribution in [1.82, 2.24) is 4.90 Å². The maximum absolute atomic E-state index is 12.0. The number of carbonyl (C=O) groups excluding carboxylic acids is 1. The molecular formula is C17H21NO2. The van der Waals surface area contributed by atoms with E-state index in [2.05, 4.69) is 36.7 Å². The maximum Gasteiger partial charge on any atom is 0.329 e. The number of allylic oxidation sites excluding steroid dienone is 1. The predicted molar refractivity (Wildman–Crippen MR) is 81.0 cm³/mol. The highest BCUT2D eigenvalue weighted by atomic mass is 16.5. The number of hydrogen-bond donors (Lipinski definition) is 0.